The molecule has 1 N–H and O–H groups in total. The molecule has 1 atom stereocenters. The molecule has 0 saturated heterocycles. The fraction of sp³-hybridized carbons (Fsp3) is 0.727. The highest BCUT2D eigenvalue weighted by atomic mass is 16.5. The minimum Gasteiger partial charge on any atom is -0.383 e. The Hall–Kier alpha value is -1.03. The average Bonchev–Trinajstić information content (AvgIpc) is 2.63. The Balaban J connectivity index is 2.48. The molecule has 1 rings (SSSR count). The average molecular weight is 211 g/mol. The van der Waals surface area contributed by atoms with Crippen molar-refractivity contribution in [3.05, 3.63) is 12.4 Å². The van der Waals surface area contributed by atoms with Crippen LogP contribution in [0.1, 0.15) is 26.7 Å². The van der Waals surface area contributed by atoms with E-state index in [1.807, 2.05) is 12.4 Å². The standard InChI is InChI=1S/C11H21N3O/c1-4-5-7-14-8-6-12-11(14)13-10(2)9-15-3/h6,8,10H,4-5,7,9H2,1-3H3,(H,12,13). The predicted molar refractivity (Wildman–Crippen MR) is 62.1 cm³/mol. The summed E-state index contributed by atoms with van der Waals surface area (Å²) in [4.78, 5) is 4.29. The summed E-state index contributed by atoms with van der Waals surface area (Å²) < 4.78 is 7.22. The van der Waals surface area contributed by atoms with Gasteiger partial charge in [-0.2, -0.15) is 0 Å². The molecule has 0 saturated carbocycles. The van der Waals surface area contributed by atoms with E-state index in [4.69, 9.17) is 4.74 Å². The van der Waals surface area contributed by atoms with Crippen LogP contribution in [-0.2, 0) is 11.3 Å². The normalized spacial score (nSPS) is 12.7. The molecule has 0 amide bonds. The van der Waals surface area contributed by atoms with Crippen molar-refractivity contribution in [2.75, 3.05) is 19.0 Å². The van der Waals surface area contributed by atoms with Crippen LogP contribution in [0.4, 0.5) is 5.95 Å². The Labute approximate surface area is 91.7 Å². The number of rotatable bonds is 7. The number of ether oxygens (including phenoxy) is 1. The SMILES string of the molecule is CCCCn1ccnc1NC(C)COC. The Bertz CT molecular complexity index is 273. The maximum atomic E-state index is 5.07. The summed E-state index contributed by atoms with van der Waals surface area (Å²) in [6, 6.07) is 0.290. The molecule has 1 aromatic rings. The largest absolute Gasteiger partial charge is 0.383 e. The van der Waals surface area contributed by atoms with Gasteiger partial charge in [-0.15, -0.1) is 0 Å². The lowest BCUT2D eigenvalue weighted by Crippen LogP contribution is -2.23. The summed E-state index contributed by atoms with van der Waals surface area (Å²) in [6.07, 6.45) is 6.23. The van der Waals surface area contributed by atoms with Gasteiger partial charge in [-0.25, -0.2) is 4.98 Å². The zero-order valence-corrected chi connectivity index (χ0v) is 9.86. The highest BCUT2D eigenvalue weighted by Gasteiger charge is 2.05. The molecule has 0 spiro atoms. The molecule has 4 heteroatoms. The molecular weight excluding hydrogens is 190 g/mol. The summed E-state index contributed by atoms with van der Waals surface area (Å²) in [5.74, 6) is 0.938. The van der Waals surface area contributed by atoms with Gasteiger partial charge >= 0.3 is 0 Å². The van der Waals surface area contributed by atoms with Crippen LogP contribution in [0, 0.1) is 0 Å². The number of nitrogens with zero attached hydrogens (tertiary/aromatic N) is 2. The van der Waals surface area contributed by atoms with Gasteiger partial charge in [0.25, 0.3) is 0 Å². The van der Waals surface area contributed by atoms with Crippen molar-refractivity contribution in [2.45, 2.75) is 39.3 Å². The van der Waals surface area contributed by atoms with Crippen LogP contribution >= 0.6 is 0 Å². The molecular formula is C11H21N3O. The smallest absolute Gasteiger partial charge is 0.203 e. The number of methoxy groups -OCH3 is 1. The third-order valence-corrected chi connectivity index (χ3v) is 2.26. The molecule has 0 fully saturated rings. The van der Waals surface area contributed by atoms with Crippen molar-refractivity contribution in [3.8, 4) is 0 Å². The second-order valence-electron chi connectivity index (χ2n) is 3.80. The van der Waals surface area contributed by atoms with Crippen molar-refractivity contribution in [2.24, 2.45) is 0 Å². The summed E-state index contributed by atoms with van der Waals surface area (Å²) >= 11 is 0. The lowest BCUT2D eigenvalue weighted by Gasteiger charge is -2.14. The first-order valence-electron chi connectivity index (χ1n) is 5.54. The van der Waals surface area contributed by atoms with Gasteiger partial charge in [-0.3, -0.25) is 0 Å². The van der Waals surface area contributed by atoms with Gasteiger partial charge in [-0.1, -0.05) is 13.3 Å². The Morgan fingerprint density at radius 1 is 1.60 bits per heavy atom. The van der Waals surface area contributed by atoms with Gasteiger partial charge in [0.1, 0.15) is 0 Å². The summed E-state index contributed by atoms with van der Waals surface area (Å²) in [5, 5.41) is 3.33. The van der Waals surface area contributed by atoms with Crippen LogP contribution in [0.2, 0.25) is 0 Å². The molecule has 0 aliphatic heterocycles. The highest BCUT2D eigenvalue weighted by molar-refractivity contribution is 5.27. The third-order valence-electron chi connectivity index (χ3n) is 2.26. The van der Waals surface area contributed by atoms with Crippen LogP contribution in [0.5, 0.6) is 0 Å². The van der Waals surface area contributed by atoms with Gasteiger partial charge in [-0.05, 0) is 13.3 Å². The van der Waals surface area contributed by atoms with E-state index in [1.165, 1.54) is 12.8 Å². The van der Waals surface area contributed by atoms with Crippen molar-refractivity contribution in [1.29, 1.82) is 0 Å². The number of hydrogen-bond donors (Lipinski definition) is 1. The zero-order chi connectivity index (χ0) is 11.1. The summed E-state index contributed by atoms with van der Waals surface area (Å²) in [7, 11) is 1.71. The molecule has 0 bridgehead atoms. The van der Waals surface area contributed by atoms with Crippen molar-refractivity contribution < 1.29 is 4.74 Å². The molecule has 0 aliphatic rings. The molecule has 1 aromatic heterocycles. The van der Waals surface area contributed by atoms with E-state index >= 15 is 0 Å². The summed E-state index contributed by atoms with van der Waals surface area (Å²) in [5.41, 5.74) is 0. The van der Waals surface area contributed by atoms with Crippen LogP contribution in [0.3, 0.4) is 0 Å². The number of nitrogens with one attached hydrogen (secondary N) is 1. The highest BCUT2D eigenvalue weighted by Crippen LogP contribution is 2.07. The van der Waals surface area contributed by atoms with E-state index in [9.17, 15) is 0 Å². The van der Waals surface area contributed by atoms with Crippen molar-refractivity contribution >= 4 is 5.95 Å². The number of anilines is 1. The first-order valence-corrected chi connectivity index (χ1v) is 5.54. The molecule has 1 unspecified atom stereocenters. The second kappa shape index (κ2) is 6.45. The molecule has 1 heterocycles. The first-order chi connectivity index (χ1) is 7.27. The third kappa shape index (κ3) is 3.91. The molecule has 15 heavy (non-hydrogen) atoms. The monoisotopic (exact) mass is 211 g/mol. The quantitative estimate of drug-likeness (QED) is 0.751. The van der Waals surface area contributed by atoms with Gasteiger partial charge in [0.05, 0.1) is 6.61 Å². The molecule has 4 nitrogen and oxygen atoms in total. The topological polar surface area (TPSA) is 39.1 Å². The van der Waals surface area contributed by atoms with E-state index in [2.05, 4.69) is 28.7 Å². The molecule has 0 aromatic carbocycles. The first kappa shape index (κ1) is 12.0. The number of unbranched alkanes of at least 4 members (excludes halogenated alkanes) is 1. The molecule has 86 valence electrons. The van der Waals surface area contributed by atoms with E-state index in [-0.39, 0.29) is 6.04 Å². The second-order valence-corrected chi connectivity index (χ2v) is 3.80. The summed E-state index contributed by atoms with van der Waals surface area (Å²) in [6.45, 7) is 6.00. The fourth-order valence-electron chi connectivity index (χ4n) is 1.47. The number of hydrogen-bond acceptors (Lipinski definition) is 3. The van der Waals surface area contributed by atoms with E-state index < -0.39 is 0 Å². The van der Waals surface area contributed by atoms with E-state index in [1.54, 1.807) is 7.11 Å². The van der Waals surface area contributed by atoms with Gasteiger partial charge in [0.15, 0.2) is 0 Å². The maximum absolute atomic E-state index is 5.07. The lowest BCUT2D eigenvalue weighted by molar-refractivity contribution is 0.190. The minimum atomic E-state index is 0.290. The Morgan fingerprint density at radius 2 is 2.40 bits per heavy atom. The number of aromatic nitrogens is 2. The van der Waals surface area contributed by atoms with Crippen LogP contribution in [-0.4, -0.2) is 29.3 Å². The molecule has 0 aliphatic carbocycles. The van der Waals surface area contributed by atoms with E-state index in [0.29, 0.717) is 6.61 Å². The van der Waals surface area contributed by atoms with Gasteiger partial charge < -0.3 is 14.6 Å². The van der Waals surface area contributed by atoms with E-state index in [0.717, 1.165) is 12.5 Å². The maximum Gasteiger partial charge on any atom is 0.203 e. The van der Waals surface area contributed by atoms with Crippen LogP contribution < -0.4 is 5.32 Å². The lowest BCUT2D eigenvalue weighted by atomic mass is 10.3. The van der Waals surface area contributed by atoms with Crippen molar-refractivity contribution in [1.82, 2.24) is 9.55 Å². The van der Waals surface area contributed by atoms with Gasteiger partial charge in [0, 0.05) is 32.1 Å². The molecule has 0 radical (unpaired) electrons. The predicted octanol–water partition coefficient (Wildman–Crippen LogP) is 2.13. The van der Waals surface area contributed by atoms with Crippen molar-refractivity contribution in [3.63, 3.8) is 0 Å². The number of aryl methyl sites for hydroxylation is 1. The van der Waals surface area contributed by atoms with Gasteiger partial charge in [0.2, 0.25) is 5.95 Å². The zero-order valence-electron chi connectivity index (χ0n) is 9.86. The Morgan fingerprint density at radius 3 is 3.07 bits per heavy atom. The fourth-order valence-corrected chi connectivity index (χ4v) is 1.47. The number of imidazole rings is 1. The van der Waals surface area contributed by atoms with Crippen LogP contribution in [0.15, 0.2) is 12.4 Å². The minimum absolute atomic E-state index is 0.290. The van der Waals surface area contributed by atoms with Crippen LogP contribution in [0.25, 0.3) is 0 Å². The Kier molecular flexibility index (Phi) is 5.18.